The summed E-state index contributed by atoms with van der Waals surface area (Å²) in [4.78, 5) is 48.4. The van der Waals surface area contributed by atoms with E-state index >= 15 is 0 Å². The third kappa shape index (κ3) is 8.66. The van der Waals surface area contributed by atoms with Crippen LogP contribution in [0.4, 0.5) is 0 Å². The lowest BCUT2D eigenvalue weighted by Crippen LogP contribution is -2.49. The van der Waals surface area contributed by atoms with Crippen molar-refractivity contribution in [1.82, 2.24) is 16.0 Å². The van der Waals surface area contributed by atoms with Gasteiger partial charge in [0, 0.05) is 25.9 Å². The minimum Gasteiger partial charge on any atom is -0.464 e. The van der Waals surface area contributed by atoms with Gasteiger partial charge >= 0.3 is 5.97 Å². The third-order valence-corrected chi connectivity index (χ3v) is 4.89. The number of hydrogen-bond donors (Lipinski definition) is 3. The SMILES string of the molecule is CCCC(=O)NCCCCNC(=O)[C@H](Cc1ccccc1)NC(=O)[C@H]1O[C@@H]1C(=O)OCC. The van der Waals surface area contributed by atoms with Gasteiger partial charge in [-0.1, -0.05) is 37.3 Å². The highest BCUT2D eigenvalue weighted by Crippen LogP contribution is 2.24. The molecule has 3 atom stereocenters. The predicted molar refractivity (Wildman–Crippen MR) is 118 cm³/mol. The second-order valence-corrected chi connectivity index (χ2v) is 7.58. The number of esters is 1. The molecule has 0 spiro atoms. The molecule has 1 aromatic rings. The molecule has 0 bridgehead atoms. The molecule has 0 saturated carbocycles. The maximum Gasteiger partial charge on any atom is 0.338 e. The minimum atomic E-state index is -0.938. The van der Waals surface area contributed by atoms with E-state index in [4.69, 9.17) is 9.47 Å². The molecule has 9 heteroatoms. The molecule has 176 valence electrons. The number of ether oxygens (including phenoxy) is 2. The number of unbranched alkanes of at least 4 members (excludes halogenated alkanes) is 1. The average Bonchev–Trinajstić information content (AvgIpc) is 3.58. The fourth-order valence-corrected chi connectivity index (χ4v) is 3.16. The standard InChI is InChI=1S/C23H33N3O6/c1-3-10-18(27)24-13-8-9-14-25-21(28)17(15-16-11-6-5-7-12-16)26-22(29)19-20(32-19)23(30)31-4-2/h5-7,11-12,17,19-20H,3-4,8-10,13-15H2,1-2H3,(H,24,27)(H,25,28)(H,26,29)/t17-,19-,20-/m0/s1. The molecule has 32 heavy (non-hydrogen) atoms. The first kappa shape index (κ1) is 25.3. The summed E-state index contributed by atoms with van der Waals surface area (Å²) in [6.45, 7) is 4.82. The van der Waals surface area contributed by atoms with Crippen LogP contribution in [0.3, 0.4) is 0 Å². The van der Waals surface area contributed by atoms with Gasteiger partial charge in [-0.05, 0) is 31.7 Å². The fourth-order valence-electron chi connectivity index (χ4n) is 3.16. The van der Waals surface area contributed by atoms with Crippen molar-refractivity contribution >= 4 is 23.7 Å². The van der Waals surface area contributed by atoms with Gasteiger partial charge in [0.1, 0.15) is 6.04 Å². The Hall–Kier alpha value is -2.94. The zero-order valence-electron chi connectivity index (χ0n) is 18.7. The van der Waals surface area contributed by atoms with Gasteiger partial charge in [0.2, 0.25) is 11.8 Å². The summed E-state index contributed by atoms with van der Waals surface area (Å²) in [6, 6.07) is 8.54. The van der Waals surface area contributed by atoms with Gasteiger partial charge < -0.3 is 25.4 Å². The summed E-state index contributed by atoms with van der Waals surface area (Å²) in [5, 5.41) is 8.37. The summed E-state index contributed by atoms with van der Waals surface area (Å²) in [6.07, 6.45) is 1.21. The van der Waals surface area contributed by atoms with Gasteiger partial charge in [0.15, 0.2) is 12.2 Å². The lowest BCUT2D eigenvalue weighted by atomic mass is 10.0. The highest BCUT2D eigenvalue weighted by Gasteiger charge is 2.52. The van der Waals surface area contributed by atoms with Crippen molar-refractivity contribution in [2.45, 2.75) is 64.2 Å². The fraction of sp³-hybridized carbons (Fsp3) is 0.565. The molecule has 1 saturated heterocycles. The molecular formula is C23H33N3O6. The molecule has 2 rings (SSSR count). The monoisotopic (exact) mass is 447 g/mol. The van der Waals surface area contributed by atoms with Gasteiger partial charge in [0.25, 0.3) is 5.91 Å². The first-order valence-corrected chi connectivity index (χ1v) is 11.2. The number of hydrogen-bond acceptors (Lipinski definition) is 6. The number of carbonyl (C=O) groups is 4. The zero-order valence-corrected chi connectivity index (χ0v) is 18.7. The lowest BCUT2D eigenvalue weighted by molar-refractivity contribution is -0.144. The molecule has 3 N–H and O–H groups in total. The number of benzene rings is 1. The zero-order chi connectivity index (χ0) is 23.3. The van der Waals surface area contributed by atoms with Crippen molar-refractivity contribution in [1.29, 1.82) is 0 Å². The van der Waals surface area contributed by atoms with Crippen LogP contribution >= 0.6 is 0 Å². The van der Waals surface area contributed by atoms with Gasteiger partial charge in [-0.3, -0.25) is 14.4 Å². The summed E-state index contributed by atoms with van der Waals surface area (Å²) >= 11 is 0. The minimum absolute atomic E-state index is 0.0330. The maximum absolute atomic E-state index is 12.7. The third-order valence-electron chi connectivity index (χ3n) is 4.89. The molecule has 1 aromatic carbocycles. The lowest BCUT2D eigenvalue weighted by Gasteiger charge is -2.18. The van der Waals surface area contributed by atoms with E-state index < -0.39 is 30.1 Å². The quantitative estimate of drug-likeness (QED) is 0.221. The number of carbonyl (C=O) groups excluding carboxylic acids is 4. The largest absolute Gasteiger partial charge is 0.464 e. The van der Waals surface area contributed by atoms with E-state index in [9.17, 15) is 19.2 Å². The number of epoxide rings is 1. The molecule has 0 aliphatic carbocycles. The molecular weight excluding hydrogens is 414 g/mol. The Kier molecular flexibility index (Phi) is 10.7. The number of nitrogens with one attached hydrogen (secondary N) is 3. The van der Waals surface area contributed by atoms with Crippen LogP contribution in [0.25, 0.3) is 0 Å². The Morgan fingerprint density at radius 2 is 1.69 bits per heavy atom. The highest BCUT2D eigenvalue weighted by atomic mass is 16.6. The van der Waals surface area contributed by atoms with E-state index in [0.717, 1.165) is 18.4 Å². The maximum atomic E-state index is 12.7. The van der Waals surface area contributed by atoms with Crippen LogP contribution in [-0.4, -0.2) is 61.6 Å². The Labute approximate surface area is 188 Å². The van der Waals surface area contributed by atoms with E-state index in [2.05, 4.69) is 16.0 Å². The summed E-state index contributed by atoms with van der Waals surface area (Å²) in [5.41, 5.74) is 0.894. The average molecular weight is 448 g/mol. The van der Waals surface area contributed by atoms with Crippen LogP contribution in [0.2, 0.25) is 0 Å². The van der Waals surface area contributed by atoms with Crippen LogP contribution in [0.5, 0.6) is 0 Å². The molecule has 1 heterocycles. The summed E-state index contributed by atoms with van der Waals surface area (Å²) in [7, 11) is 0. The van der Waals surface area contributed by atoms with Crippen molar-refractivity contribution in [3.8, 4) is 0 Å². The normalized spacial score (nSPS) is 17.7. The first-order chi connectivity index (χ1) is 15.5. The topological polar surface area (TPSA) is 126 Å². The van der Waals surface area contributed by atoms with E-state index in [1.807, 2.05) is 37.3 Å². The van der Waals surface area contributed by atoms with Crippen molar-refractivity contribution < 1.29 is 28.7 Å². The van der Waals surface area contributed by atoms with Gasteiger partial charge in [0.05, 0.1) is 6.61 Å². The van der Waals surface area contributed by atoms with Gasteiger partial charge in [-0.25, -0.2) is 4.79 Å². The van der Waals surface area contributed by atoms with E-state index in [1.165, 1.54) is 0 Å². The summed E-state index contributed by atoms with van der Waals surface area (Å²) < 4.78 is 9.99. The van der Waals surface area contributed by atoms with Crippen LogP contribution in [0, 0.1) is 0 Å². The van der Waals surface area contributed by atoms with Crippen molar-refractivity contribution in [3.63, 3.8) is 0 Å². The van der Waals surface area contributed by atoms with Gasteiger partial charge in [-0.2, -0.15) is 0 Å². The molecule has 1 fully saturated rings. The second-order valence-electron chi connectivity index (χ2n) is 7.58. The van der Waals surface area contributed by atoms with Crippen LogP contribution < -0.4 is 16.0 Å². The van der Waals surface area contributed by atoms with E-state index in [0.29, 0.717) is 32.4 Å². The Morgan fingerprint density at radius 1 is 1.00 bits per heavy atom. The molecule has 0 radical (unpaired) electrons. The van der Waals surface area contributed by atoms with Crippen molar-refractivity contribution in [2.75, 3.05) is 19.7 Å². The van der Waals surface area contributed by atoms with Gasteiger partial charge in [-0.15, -0.1) is 0 Å². The molecule has 0 aromatic heterocycles. The van der Waals surface area contributed by atoms with E-state index in [1.54, 1.807) is 6.92 Å². The highest BCUT2D eigenvalue weighted by molar-refractivity contribution is 5.95. The van der Waals surface area contributed by atoms with Crippen LogP contribution in [-0.2, 0) is 35.1 Å². The molecule has 0 unspecified atom stereocenters. The molecule has 1 aliphatic heterocycles. The second kappa shape index (κ2) is 13.5. The van der Waals surface area contributed by atoms with Crippen LogP contribution in [0.15, 0.2) is 30.3 Å². The Morgan fingerprint density at radius 3 is 2.34 bits per heavy atom. The molecule has 1 aliphatic rings. The molecule has 9 nitrogen and oxygen atoms in total. The van der Waals surface area contributed by atoms with E-state index in [-0.39, 0.29) is 18.4 Å². The van der Waals surface area contributed by atoms with Crippen molar-refractivity contribution in [3.05, 3.63) is 35.9 Å². The Balaban J connectivity index is 1.82. The summed E-state index contributed by atoms with van der Waals surface area (Å²) in [5.74, 6) is -1.38. The smallest absolute Gasteiger partial charge is 0.338 e. The number of amides is 3. The van der Waals surface area contributed by atoms with Crippen LogP contribution in [0.1, 0.15) is 45.1 Å². The van der Waals surface area contributed by atoms with Crippen molar-refractivity contribution in [2.24, 2.45) is 0 Å². The molecule has 3 amide bonds. The first-order valence-electron chi connectivity index (χ1n) is 11.2. The predicted octanol–water partition coefficient (Wildman–Crippen LogP) is 0.857. The Bertz CT molecular complexity index is 770. The number of rotatable bonds is 14.